The van der Waals surface area contributed by atoms with Gasteiger partial charge in [-0.15, -0.1) is 0 Å². The molecule has 0 saturated carbocycles. The summed E-state index contributed by atoms with van der Waals surface area (Å²) in [7, 11) is 1.97. The summed E-state index contributed by atoms with van der Waals surface area (Å²) in [6, 6.07) is 9.11. The lowest BCUT2D eigenvalue weighted by Gasteiger charge is -2.20. The second kappa shape index (κ2) is 8.29. The predicted octanol–water partition coefficient (Wildman–Crippen LogP) is 2.13. The van der Waals surface area contributed by atoms with E-state index in [-0.39, 0.29) is 11.8 Å². The first-order valence-electron chi connectivity index (χ1n) is 7.20. The number of carboxylic acid groups (broad SMARTS) is 1. The smallest absolute Gasteiger partial charge is 0.326 e. The van der Waals surface area contributed by atoms with Crippen LogP contribution in [0.15, 0.2) is 30.3 Å². The zero-order valence-corrected chi connectivity index (χ0v) is 12.9. The summed E-state index contributed by atoms with van der Waals surface area (Å²) in [5, 5.41) is 11.6. The third kappa shape index (κ3) is 5.85. The highest BCUT2D eigenvalue weighted by molar-refractivity contribution is 5.83. The van der Waals surface area contributed by atoms with Crippen molar-refractivity contribution in [1.29, 1.82) is 0 Å². The fraction of sp³-hybridized carbons (Fsp3) is 0.500. The van der Waals surface area contributed by atoms with Crippen molar-refractivity contribution in [3.8, 4) is 0 Å². The number of hydrogen-bond donors (Lipinski definition) is 2. The monoisotopic (exact) mass is 292 g/mol. The van der Waals surface area contributed by atoms with E-state index in [0.717, 1.165) is 12.2 Å². The first kappa shape index (κ1) is 17.0. The predicted molar refractivity (Wildman–Crippen MR) is 83.4 cm³/mol. The summed E-state index contributed by atoms with van der Waals surface area (Å²) < 4.78 is 0. The normalized spacial score (nSPS) is 12.0. The molecule has 2 N–H and O–H groups in total. The molecule has 1 rings (SSSR count). The van der Waals surface area contributed by atoms with Gasteiger partial charge in [0.25, 0.3) is 0 Å². The van der Waals surface area contributed by atoms with E-state index in [4.69, 9.17) is 5.11 Å². The van der Waals surface area contributed by atoms with Gasteiger partial charge >= 0.3 is 5.97 Å². The molecule has 0 heterocycles. The maximum absolute atomic E-state index is 11.8. The van der Waals surface area contributed by atoms with Gasteiger partial charge in [-0.2, -0.15) is 0 Å². The molecule has 1 unspecified atom stereocenters. The lowest BCUT2D eigenvalue weighted by atomic mass is 10.0. The number of nitrogens with one attached hydrogen (secondary N) is 1. The number of anilines is 1. The molecule has 0 spiro atoms. The third-order valence-corrected chi connectivity index (χ3v) is 3.34. The van der Waals surface area contributed by atoms with Gasteiger partial charge < -0.3 is 15.3 Å². The number of nitrogens with zero attached hydrogens (tertiary/aromatic N) is 1. The number of hydrogen-bond acceptors (Lipinski definition) is 3. The maximum atomic E-state index is 11.8. The van der Waals surface area contributed by atoms with Crippen molar-refractivity contribution in [1.82, 2.24) is 5.32 Å². The highest BCUT2D eigenvalue weighted by Crippen LogP contribution is 2.11. The van der Waals surface area contributed by atoms with E-state index in [1.54, 1.807) is 13.8 Å². The quantitative estimate of drug-likeness (QED) is 0.770. The molecule has 0 aliphatic rings. The van der Waals surface area contributed by atoms with Gasteiger partial charge in [0.05, 0.1) is 0 Å². The van der Waals surface area contributed by atoms with Gasteiger partial charge in [0.15, 0.2) is 0 Å². The summed E-state index contributed by atoms with van der Waals surface area (Å²) >= 11 is 0. The molecule has 1 aromatic carbocycles. The molecule has 0 radical (unpaired) electrons. The van der Waals surface area contributed by atoms with Crippen LogP contribution >= 0.6 is 0 Å². The standard InChI is InChI=1S/C16H24N2O3/c1-12(2)15(16(20)21)17-14(19)10-7-11-18(3)13-8-5-4-6-9-13/h4-6,8-9,12,15H,7,10-11H2,1-3H3,(H,17,19)(H,20,21). The Morgan fingerprint density at radius 3 is 2.38 bits per heavy atom. The summed E-state index contributed by atoms with van der Waals surface area (Å²) in [5.41, 5.74) is 1.10. The minimum atomic E-state index is -0.986. The van der Waals surface area contributed by atoms with Gasteiger partial charge in [0, 0.05) is 25.7 Å². The summed E-state index contributed by atoms with van der Waals surface area (Å²) in [4.78, 5) is 24.9. The molecule has 0 bridgehead atoms. The molecular weight excluding hydrogens is 268 g/mol. The Bertz CT molecular complexity index is 460. The number of para-hydroxylation sites is 1. The number of rotatable bonds is 8. The Morgan fingerprint density at radius 1 is 1.24 bits per heavy atom. The van der Waals surface area contributed by atoms with Gasteiger partial charge in [-0.05, 0) is 24.5 Å². The Kier molecular flexibility index (Phi) is 6.72. The molecule has 0 aromatic heterocycles. The van der Waals surface area contributed by atoms with Crippen LogP contribution in [0.2, 0.25) is 0 Å². The maximum Gasteiger partial charge on any atom is 0.326 e. The van der Waals surface area contributed by atoms with Crippen LogP contribution in [0.4, 0.5) is 5.69 Å². The van der Waals surface area contributed by atoms with Crippen LogP contribution in [0.3, 0.4) is 0 Å². The zero-order chi connectivity index (χ0) is 15.8. The summed E-state index contributed by atoms with van der Waals surface area (Å²) in [5.74, 6) is -1.32. The van der Waals surface area contributed by atoms with Crippen molar-refractivity contribution >= 4 is 17.6 Å². The molecule has 1 aromatic rings. The molecule has 5 nitrogen and oxygen atoms in total. The molecule has 21 heavy (non-hydrogen) atoms. The number of carbonyl (C=O) groups is 2. The van der Waals surface area contributed by atoms with Gasteiger partial charge in [-0.1, -0.05) is 32.0 Å². The van der Waals surface area contributed by atoms with E-state index in [1.165, 1.54) is 0 Å². The summed E-state index contributed by atoms with van der Waals surface area (Å²) in [6.07, 6.45) is 1.01. The lowest BCUT2D eigenvalue weighted by molar-refractivity contribution is -0.143. The van der Waals surface area contributed by atoms with E-state index >= 15 is 0 Å². The van der Waals surface area contributed by atoms with Gasteiger partial charge in [-0.25, -0.2) is 4.79 Å². The number of carboxylic acids is 1. The molecular formula is C16H24N2O3. The Hall–Kier alpha value is -2.04. The fourth-order valence-electron chi connectivity index (χ4n) is 2.05. The van der Waals surface area contributed by atoms with E-state index in [2.05, 4.69) is 10.2 Å². The van der Waals surface area contributed by atoms with E-state index in [0.29, 0.717) is 12.8 Å². The van der Waals surface area contributed by atoms with E-state index in [1.807, 2.05) is 37.4 Å². The zero-order valence-electron chi connectivity index (χ0n) is 12.9. The molecule has 1 amide bonds. The minimum Gasteiger partial charge on any atom is -0.480 e. The van der Waals surface area contributed by atoms with Gasteiger partial charge in [0.1, 0.15) is 6.04 Å². The lowest BCUT2D eigenvalue weighted by Crippen LogP contribution is -2.44. The SMILES string of the molecule is CC(C)C(NC(=O)CCCN(C)c1ccccc1)C(=O)O. The fourth-order valence-corrected chi connectivity index (χ4v) is 2.05. The van der Waals surface area contributed by atoms with Crippen molar-refractivity contribution in [2.45, 2.75) is 32.7 Å². The second-order valence-corrected chi connectivity index (χ2v) is 5.49. The van der Waals surface area contributed by atoms with Crippen LogP contribution in [0, 0.1) is 5.92 Å². The average Bonchev–Trinajstić information content (AvgIpc) is 2.45. The minimum absolute atomic E-state index is 0.126. The number of carbonyl (C=O) groups excluding carboxylic acids is 1. The van der Waals surface area contributed by atoms with Gasteiger partial charge in [0.2, 0.25) is 5.91 Å². The van der Waals surface area contributed by atoms with Crippen molar-refractivity contribution in [2.24, 2.45) is 5.92 Å². The van der Waals surface area contributed by atoms with E-state index < -0.39 is 12.0 Å². The molecule has 0 saturated heterocycles. The third-order valence-electron chi connectivity index (χ3n) is 3.34. The van der Waals surface area contributed by atoms with Crippen LogP contribution < -0.4 is 10.2 Å². The van der Waals surface area contributed by atoms with Crippen molar-refractivity contribution < 1.29 is 14.7 Å². The second-order valence-electron chi connectivity index (χ2n) is 5.49. The Labute approximate surface area is 126 Å². The van der Waals surface area contributed by atoms with Crippen molar-refractivity contribution in [3.63, 3.8) is 0 Å². The topological polar surface area (TPSA) is 69.6 Å². The first-order chi connectivity index (χ1) is 9.91. The van der Waals surface area contributed by atoms with Crippen molar-refractivity contribution in [3.05, 3.63) is 30.3 Å². The number of benzene rings is 1. The van der Waals surface area contributed by atoms with E-state index in [9.17, 15) is 9.59 Å². The van der Waals surface area contributed by atoms with Crippen LogP contribution in [-0.4, -0.2) is 36.6 Å². The van der Waals surface area contributed by atoms with Gasteiger partial charge in [-0.3, -0.25) is 4.79 Å². The molecule has 1 atom stereocenters. The molecule has 0 aliphatic carbocycles. The largest absolute Gasteiger partial charge is 0.480 e. The Morgan fingerprint density at radius 2 is 1.86 bits per heavy atom. The molecule has 5 heteroatoms. The Balaban J connectivity index is 2.35. The van der Waals surface area contributed by atoms with Crippen molar-refractivity contribution in [2.75, 3.05) is 18.5 Å². The highest BCUT2D eigenvalue weighted by atomic mass is 16.4. The van der Waals surface area contributed by atoms with Crippen LogP contribution in [0.1, 0.15) is 26.7 Å². The van der Waals surface area contributed by atoms with Crippen LogP contribution in [0.5, 0.6) is 0 Å². The van der Waals surface area contributed by atoms with Crippen LogP contribution in [0.25, 0.3) is 0 Å². The molecule has 0 aliphatic heterocycles. The average molecular weight is 292 g/mol. The molecule has 0 fully saturated rings. The highest BCUT2D eigenvalue weighted by Gasteiger charge is 2.22. The first-order valence-corrected chi connectivity index (χ1v) is 7.20. The van der Waals surface area contributed by atoms with Crippen LogP contribution in [-0.2, 0) is 9.59 Å². The number of amides is 1. The number of aliphatic carboxylic acids is 1. The molecule has 116 valence electrons. The summed E-state index contributed by atoms with van der Waals surface area (Å²) in [6.45, 7) is 4.31.